The molecule has 8 nitrogen and oxygen atoms in total. The lowest BCUT2D eigenvalue weighted by Gasteiger charge is -2.28. The number of rotatable bonds is 5. The summed E-state index contributed by atoms with van der Waals surface area (Å²) in [6, 6.07) is 13.8. The Hall–Kier alpha value is -4.79. The van der Waals surface area contributed by atoms with Gasteiger partial charge in [-0.3, -0.25) is 9.69 Å². The third kappa shape index (κ3) is 4.86. The van der Waals surface area contributed by atoms with Crippen LogP contribution in [-0.4, -0.2) is 63.9 Å². The van der Waals surface area contributed by atoms with Gasteiger partial charge in [-0.2, -0.15) is 0 Å². The van der Waals surface area contributed by atoms with Crippen molar-refractivity contribution in [3.8, 4) is 11.3 Å². The van der Waals surface area contributed by atoms with Gasteiger partial charge in [0.1, 0.15) is 17.8 Å². The smallest absolute Gasteiger partial charge is 0.319 e. The molecule has 0 fully saturated rings. The Kier molecular flexibility index (Phi) is 7.21. The van der Waals surface area contributed by atoms with E-state index in [2.05, 4.69) is 21.5 Å². The molecule has 3 amide bonds. The topological polar surface area (TPSA) is 85.4 Å². The largest absolute Gasteiger partial charge is 0.339 e. The Labute approximate surface area is 232 Å². The first-order valence-corrected chi connectivity index (χ1v) is 13.0. The summed E-state index contributed by atoms with van der Waals surface area (Å²) in [5.41, 5.74) is 5.48. The van der Waals surface area contributed by atoms with Crippen molar-refractivity contribution in [1.29, 1.82) is 0 Å². The number of amides is 3. The number of fused-ring (bicyclic) bond motifs is 1. The molecule has 9 heteroatoms. The number of benzene rings is 2. The maximum Gasteiger partial charge on any atom is 0.319 e. The summed E-state index contributed by atoms with van der Waals surface area (Å²) in [6.07, 6.45) is 4.22. The highest BCUT2D eigenvalue weighted by Gasteiger charge is 2.26. The molecule has 1 aliphatic rings. The first-order valence-electron chi connectivity index (χ1n) is 13.0. The predicted octanol–water partition coefficient (Wildman–Crippen LogP) is 6.02. The average Bonchev–Trinajstić information content (AvgIpc) is 3.40. The molecule has 0 atom stereocenters. The number of H-pyrrole nitrogens is 1. The van der Waals surface area contributed by atoms with Gasteiger partial charge in [-0.15, -0.1) is 0 Å². The molecule has 0 spiro atoms. The van der Waals surface area contributed by atoms with Crippen molar-refractivity contribution >= 4 is 34.2 Å². The number of hydrogen-bond acceptors (Lipinski definition) is 4. The Morgan fingerprint density at radius 3 is 2.50 bits per heavy atom. The van der Waals surface area contributed by atoms with Crippen LogP contribution in [0.5, 0.6) is 0 Å². The highest BCUT2D eigenvalue weighted by atomic mass is 19.1. The van der Waals surface area contributed by atoms with Crippen LogP contribution in [0.4, 0.5) is 14.9 Å². The number of nitrogens with zero attached hydrogens (tertiary/aromatic N) is 5. The van der Waals surface area contributed by atoms with Crippen LogP contribution in [0.15, 0.2) is 73.2 Å². The van der Waals surface area contributed by atoms with Crippen LogP contribution in [0.1, 0.15) is 35.0 Å². The van der Waals surface area contributed by atoms with Gasteiger partial charge in [-0.1, -0.05) is 30.9 Å². The van der Waals surface area contributed by atoms with Crippen molar-refractivity contribution < 1.29 is 14.0 Å². The number of halogens is 1. The molecule has 0 bridgehead atoms. The molecule has 5 rings (SSSR count). The highest BCUT2D eigenvalue weighted by molar-refractivity contribution is 6.09. The van der Waals surface area contributed by atoms with E-state index in [1.165, 1.54) is 17.3 Å². The van der Waals surface area contributed by atoms with Gasteiger partial charge in [0.2, 0.25) is 0 Å². The number of nitrogens with one attached hydrogen (secondary N) is 1. The number of aromatic amines is 1. The minimum atomic E-state index is -0.530. The van der Waals surface area contributed by atoms with E-state index in [0.717, 1.165) is 16.7 Å². The van der Waals surface area contributed by atoms with Crippen LogP contribution in [0.25, 0.3) is 27.9 Å². The lowest BCUT2D eigenvalue weighted by Crippen LogP contribution is -2.41. The van der Waals surface area contributed by atoms with Crippen molar-refractivity contribution in [1.82, 2.24) is 24.8 Å². The summed E-state index contributed by atoms with van der Waals surface area (Å²) in [6.45, 7) is 8.56. The predicted molar refractivity (Wildman–Crippen MR) is 155 cm³/mol. The minimum Gasteiger partial charge on any atom is -0.339 e. The zero-order chi connectivity index (χ0) is 28.6. The fourth-order valence-corrected chi connectivity index (χ4v) is 5.07. The summed E-state index contributed by atoms with van der Waals surface area (Å²) in [7, 11) is 3.49. The Morgan fingerprint density at radius 1 is 1.10 bits per heavy atom. The second kappa shape index (κ2) is 10.8. The van der Waals surface area contributed by atoms with E-state index in [1.54, 1.807) is 68.1 Å². The monoisotopic (exact) mass is 538 g/mol. The van der Waals surface area contributed by atoms with Crippen molar-refractivity contribution in [2.45, 2.75) is 20.3 Å². The molecular formula is C31H31FN6O2. The van der Waals surface area contributed by atoms with E-state index in [0.29, 0.717) is 53.2 Å². The van der Waals surface area contributed by atoms with Crippen LogP contribution in [-0.2, 0) is 0 Å². The lowest BCUT2D eigenvalue weighted by atomic mass is 9.99. The lowest BCUT2D eigenvalue weighted by molar-refractivity contribution is 0.0994. The van der Waals surface area contributed by atoms with Crippen LogP contribution < -0.4 is 4.90 Å². The molecule has 1 aliphatic heterocycles. The maximum absolute atomic E-state index is 15.4. The molecule has 0 aliphatic carbocycles. The summed E-state index contributed by atoms with van der Waals surface area (Å²) < 4.78 is 15.4. The van der Waals surface area contributed by atoms with Crippen LogP contribution in [0, 0.1) is 12.7 Å². The molecule has 2 aromatic heterocycles. The second-order valence-corrected chi connectivity index (χ2v) is 10.1. The fraction of sp³-hybridized carbons (Fsp3) is 0.226. The fourth-order valence-electron chi connectivity index (χ4n) is 5.07. The van der Waals surface area contributed by atoms with Gasteiger partial charge in [0.05, 0.1) is 11.4 Å². The van der Waals surface area contributed by atoms with Crippen LogP contribution >= 0.6 is 0 Å². The molecule has 204 valence electrons. The average molecular weight is 539 g/mol. The molecule has 4 aromatic rings. The highest BCUT2D eigenvalue weighted by Crippen LogP contribution is 2.38. The second-order valence-electron chi connectivity index (χ2n) is 10.1. The standard InChI is InChI=1S/C31H31FN6O2/c1-19(2)38(30(39)22-9-7-6-8-10-22)28-20(3)23(11-12-25(28)32)27-24-17-26(35-29(24)34-18-33-27)21-13-15-37(16-14-21)31(40)36(4)5/h6-13,17-18H,1,14-16H2,2-5H3,(H,33,34,35). The number of carbonyl (C=O) groups excluding carboxylic acids is 2. The molecule has 0 saturated heterocycles. The van der Waals surface area contributed by atoms with Crippen molar-refractivity contribution in [2.24, 2.45) is 0 Å². The molecule has 1 N–H and O–H groups in total. The molecular weight excluding hydrogens is 507 g/mol. The van der Waals surface area contributed by atoms with E-state index in [4.69, 9.17) is 0 Å². The van der Waals surface area contributed by atoms with Gasteiger partial charge in [-0.25, -0.2) is 19.2 Å². The molecule has 2 aromatic carbocycles. The SMILES string of the molecule is C=C(C)N(C(=O)c1ccccc1)c1c(F)ccc(-c2ncnc3[nH]c(C4=CCN(C(=O)N(C)C)CC4)cc23)c1C. The van der Waals surface area contributed by atoms with Crippen molar-refractivity contribution in [2.75, 3.05) is 32.1 Å². The zero-order valence-corrected chi connectivity index (χ0v) is 23.0. The van der Waals surface area contributed by atoms with Crippen LogP contribution in [0.2, 0.25) is 0 Å². The van der Waals surface area contributed by atoms with Gasteiger partial charge >= 0.3 is 6.03 Å². The quantitative estimate of drug-likeness (QED) is 0.337. The Morgan fingerprint density at radius 2 is 1.85 bits per heavy atom. The van der Waals surface area contributed by atoms with E-state index in [9.17, 15) is 9.59 Å². The normalized spacial score (nSPS) is 13.2. The number of urea groups is 1. The first kappa shape index (κ1) is 26.8. The van der Waals surface area contributed by atoms with E-state index >= 15 is 4.39 Å². The van der Waals surface area contributed by atoms with Gasteiger partial charge in [-0.05, 0) is 61.7 Å². The number of allylic oxidation sites excluding steroid dienone is 1. The summed E-state index contributed by atoms with van der Waals surface area (Å²) in [5, 5.41) is 0.780. The third-order valence-corrected chi connectivity index (χ3v) is 7.10. The number of aromatic nitrogens is 3. The van der Waals surface area contributed by atoms with E-state index < -0.39 is 5.82 Å². The van der Waals surface area contributed by atoms with E-state index in [1.807, 2.05) is 18.2 Å². The van der Waals surface area contributed by atoms with Crippen molar-refractivity contribution in [3.63, 3.8) is 0 Å². The number of carbonyl (C=O) groups is 2. The molecule has 40 heavy (non-hydrogen) atoms. The summed E-state index contributed by atoms with van der Waals surface area (Å²) in [5.74, 6) is -0.896. The third-order valence-electron chi connectivity index (χ3n) is 7.10. The summed E-state index contributed by atoms with van der Waals surface area (Å²) in [4.78, 5) is 42.9. The maximum atomic E-state index is 15.4. The number of hydrogen-bond donors (Lipinski definition) is 1. The zero-order valence-electron chi connectivity index (χ0n) is 23.0. The molecule has 0 radical (unpaired) electrons. The molecule has 0 unspecified atom stereocenters. The van der Waals surface area contributed by atoms with Crippen LogP contribution in [0.3, 0.4) is 0 Å². The van der Waals surface area contributed by atoms with Gasteiger partial charge in [0, 0.05) is 55.1 Å². The Balaban J connectivity index is 1.55. The summed E-state index contributed by atoms with van der Waals surface area (Å²) >= 11 is 0. The number of anilines is 1. The molecule has 3 heterocycles. The Bertz CT molecular complexity index is 1660. The van der Waals surface area contributed by atoms with Gasteiger partial charge in [0.25, 0.3) is 5.91 Å². The van der Waals surface area contributed by atoms with Gasteiger partial charge in [0.15, 0.2) is 0 Å². The minimum absolute atomic E-state index is 0.0164. The van der Waals surface area contributed by atoms with E-state index in [-0.39, 0.29) is 17.6 Å². The molecule has 0 saturated carbocycles. The van der Waals surface area contributed by atoms with Crippen molar-refractivity contribution in [3.05, 3.63) is 95.8 Å². The van der Waals surface area contributed by atoms with Gasteiger partial charge < -0.3 is 14.8 Å². The first-order chi connectivity index (χ1) is 19.2.